The molecule has 4 nitrogen and oxygen atoms in total. The SMILES string of the molecule is CCCCCCCCCCNCCOc1cccc2c1OCCO2.[Cl-]. The van der Waals surface area contributed by atoms with Gasteiger partial charge in [-0.05, 0) is 25.1 Å². The van der Waals surface area contributed by atoms with E-state index in [1.54, 1.807) is 0 Å². The second kappa shape index (κ2) is 14.1. The van der Waals surface area contributed by atoms with Crippen LogP contribution in [0.4, 0.5) is 0 Å². The molecular formula is C20H33ClNO3-. The highest BCUT2D eigenvalue weighted by atomic mass is 35.5. The van der Waals surface area contributed by atoms with Crippen LogP contribution in [0.25, 0.3) is 0 Å². The zero-order valence-corrected chi connectivity index (χ0v) is 16.3. The van der Waals surface area contributed by atoms with Crippen molar-refractivity contribution in [1.82, 2.24) is 5.32 Å². The Labute approximate surface area is 159 Å². The zero-order chi connectivity index (χ0) is 16.9. The van der Waals surface area contributed by atoms with E-state index in [-0.39, 0.29) is 12.4 Å². The number of unbranched alkanes of at least 4 members (excludes halogenated alkanes) is 7. The van der Waals surface area contributed by atoms with E-state index in [1.165, 1.54) is 51.4 Å². The molecule has 0 radical (unpaired) electrons. The summed E-state index contributed by atoms with van der Waals surface area (Å²) in [7, 11) is 0. The molecule has 0 fully saturated rings. The van der Waals surface area contributed by atoms with Gasteiger partial charge in [0.05, 0.1) is 0 Å². The largest absolute Gasteiger partial charge is 1.00 e. The van der Waals surface area contributed by atoms with Crippen molar-refractivity contribution < 1.29 is 26.6 Å². The topological polar surface area (TPSA) is 39.7 Å². The molecule has 0 atom stereocenters. The number of hydrogen-bond acceptors (Lipinski definition) is 4. The van der Waals surface area contributed by atoms with E-state index in [4.69, 9.17) is 14.2 Å². The lowest BCUT2D eigenvalue weighted by molar-refractivity contribution is -0.00000605. The summed E-state index contributed by atoms with van der Waals surface area (Å²) in [6.07, 6.45) is 10.9. The van der Waals surface area contributed by atoms with E-state index < -0.39 is 0 Å². The highest BCUT2D eigenvalue weighted by Gasteiger charge is 2.16. The Bertz CT molecular complexity index is 457. The molecule has 5 heteroatoms. The summed E-state index contributed by atoms with van der Waals surface area (Å²) in [5.41, 5.74) is 0. The lowest BCUT2D eigenvalue weighted by atomic mass is 10.1. The van der Waals surface area contributed by atoms with Gasteiger partial charge in [0, 0.05) is 6.54 Å². The van der Waals surface area contributed by atoms with E-state index in [2.05, 4.69) is 12.2 Å². The van der Waals surface area contributed by atoms with E-state index in [0.29, 0.717) is 19.8 Å². The predicted octanol–water partition coefficient (Wildman–Crippen LogP) is 1.57. The second-order valence-corrected chi connectivity index (χ2v) is 6.35. The minimum absolute atomic E-state index is 0. The van der Waals surface area contributed by atoms with Gasteiger partial charge in [0.15, 0.2) is 11.5 Å². The molecule has 0 aliphatic carbocycles. The molecule has 0 spiro atoms. The van der Waals surface area contributed by atoms with Crippen LogP contribution in [0.2, 0.25) is 0 Å². The molecule has 144 valence electrons. The average Bonchev–Trinajstić information content (AvgIpc) is 2.63. The number of rotatable bonds is 13. The van der Waals surface area contributed by atoms with Crippen LogP contribution in [0.1, 0.15) is 58.3 Å². The number of nitrogens with one attached hydrogen (secondary N) is 1. The van der Waals surface area contributed by atoms with E-state index in [1.807, 2.05) is 18.2 Å². The second-order valence-electron chi connectivity index (χ2n) is 6.35. The molecule has 1 aromatic rings. The lowest BCUT2D eigenvalue weighted by Gasteiger charge is -2.20. The molecule has 1 heterocycles. The third-order valence-electron chi connectivity index (χ3n) is 4.27. The zero-order valence-electron chi connectivity index (χ0n) is 15.5. The van der Waals surface area contributed by atoms with Crippen molar-refractivity contribution in [2.75, 3.05) is 32.9 Å². The molecular weight excluding hydrogens is 338 g/mol. The fourth-order valence-corrected chi connectivity index (χ4v) is 2.90. The Balaban J connectivity index is 0.00000312. The number of benzene rings is 1. The lowest BCUT2D eigenvalue weighted by Crippen LogP contribution is -3.00. The Morgan fingerprint density at radius 1 is 0.920 bits per heavy atom. The molecule has 1 N–H and O–H groups in total. The van der Waals surface area contributed by atoms with E-state index >= 15 is 0 Å². The monoisotopic (exact) mass is 370 g/mol. The van der Waals surface area contributed by atoms with Crippen molar-refractivity contribution in [3.05, 3.63) is 18.2 Å². The maximum absolute atomic E-state index is 5.82. The Kier molecular flexibility index (Phi) is 12.3. The third-order valence-corrected chi connectivity index (χ3v) is 4.27. The third kappa shape index (κ3) is 8.68. The molecule has 0 aromatic heterocycles. The van der Waals surface area contributed by atoms with Gasteiger partial charge >= 0.3 is 0 Å². The fraction of sp³-hybridized carbons (Fsp3) is 0.700. The first-order chi connectivity index (χ1) is 11.9. The van der Waals surface area contributed by atoms with Gasteiger partial charge in [-0.1, -0.05) is 57.9 Å². The molecule has 2 rings (SSSR count). The predicted molar refractivity (Wildman–Crippen MR) is 98.4 cm³/mol. The van der Waals surface area contributed by atoms with Crippen molar-refractivity contribution in [2.24, 2.45) is 0 Å². The van der Waals surface area contributed by atoms with Crippen LogP contribution < -0.4 is 31.9 Å². The first-order valence-electron chi connectivity index (χ1n) is 9.64. The smallest absolute Gasteiger partial charge is 0.203 e. The fourth-order valence-electron chi connectivity index (χ4n) is 2.90. The maximum Gasteiger partial charge on any atom is 0.203 e. The summed E-state index contributed by atoms with van der Waals surface area (Å²) in [4.78, 5) is 0. The number of para-hydroxylation sites is 1. The molecule has 25 heavy (non-hydrogen) atoms. The van der Waals surface area contributed by atoms with Gasteiger partial charge in [0.25, 0.3) is 0 Å². The van der Waals surface area contributed by atoms with Gasteiger partial charge in [0.2, 0.25) is 5.75 Å². The van der Waals surface area contributed by atoms with Gasteiger partial charge < -0.3 is 31.9 Å². The van der Waals surface area contributed by atoms with Crippen LogP contribution >= 0.6 is 0 Å². The molecule has 0 bridgehead atoms. The minimum Gasteiger partial charge on any atom is -1.00 e. The Morgan fingerprint density at radius 3 is 2.44 bits per heavy atom. The van der Waals surface area contributed by atoms with Crippen LogP contribution in [0.15, 0.2) is 18.2 Å². The van der Waals surface area contributed by atoms with E-state index in [9.17, 15) is 0 Å². The Morgan fingerprint density at radius 2 is 1.64 bits per heavy atom. The maximum atomic E-state index is 5.82. The Hall–Kier alpha value is -1.13. The van der Waals surface area contributed by atoms with Crippen LogP contribution in [0.5, 0.6) is 17.2 Å². The highest BCUT2D eigenvalue weighted by molar-refractivity contribution is 5.51. The first kappa shape index (κ1) is 21.9. The molecule has 1 aliphatic heterocycles. The minimum atomic E-state index is 0. The van der Waals surface area contributed by atoms with Gasteiger partial charge in [-0.2, -0.15) is 0 Å². The molecule has 0 saturated heterocycles. The van der Waals surface area contributed by atoms with Gasteiger partial charge in [-0.3, -0.25) is 0 Å². The van der Waals surface area contributed by atoms with Gasteiger partial charge in [-0.25, -0.2) is 0 Å². The summed E-state index contributed by atoms with van der Waals surface area (Å²) in [5, 5.41) is 3.45. The van der Waals surface area contributed by atoms with Crippen molar-refractivity contribution in [3.8, 4) is 17.2 Å². The number of halogens is 1. The van der Waals surface area contributed by atoms with Crippen LogP contribution in [-0.4, -0.2) is 32.9 Å². The highest BCUT2D eigenvalue weighted by Crippen LogP contribution is 2.38. The molecule has 0 unspecified atom stereocenters. The van der Waals surface area contributed by atoms with Crippen LogP contribution in [-0.2, 0) is 0 Å². The summed E-state index contributed by atoms with van der Waals surface area (Å²) in [5.74, 6) is 2.30. The first-order valence-corrected chi connectivity index (χ1v) is 9.64. The number of ether oxygens (including phenoxy) is 3. The van der Waals surface area contributed by atoms with Crippen molar-refractivity contribution in [3.63, 3.8) is 0 Å². The summed E-state index contributed by atoms with van der Waals surface area (Å²) in [6.45, 7) is 6.05. The molecule has 0 amide bonds. The van der Waals surface area contributed by atoms with Crippen molar-refractivity contribution in [2.45, 2.75) is 58.3 Å². The summed E-state index contributed by atoms with van der Waals surface area (Å²) >= 11 is 0. The quantitative estimate of drug-likeness (QED) is 0.535. The molecule has 1 aliphatic rings. The molecule has 0 saturated carbocycles. The van der Waals surface area contributed by atoms with E-state index in [0.717, 1.165) is 30.3 Å². The average molecular weight is 371 g/mol. The number of hydrogen-bond donors (Lipinski definition) is 1. The van der Waals surface area contributed by atoms with Crippen LogP contribution in [0.3, 0.4) is 0 Å². The van der Waals surface area contributed by atoms with Gasteiger partial charge in [-0.15, -0.1) is 0 Å². The summed E-state index contributed by atoms with van der Waals surface area (Å²) in [6, 6.07) is 5.80. The number of fused-ring (bicyclic) bond motifs is 1. The van der Waals surface area contributed by atoms with Crippen molar-refractivity contribution >= 4 is 0 Å². The molecule has 1 aromatic carbocycles. The van der Waals surface area contributed by atoms with Gasteiger partial charge in [0.1, 0.15) is 19.8 Å². The standard InChI is InChI=1S/C20H33NO3.ClH/c1-2-3-4-5-6-7-8-9-13-21-14-15-22-18-11-10-12-19-20(18)24-17-16-23-19;/h10-12,21H,2-9,13-17H2,1H3;1H/p-1. The summed E-state index contributed by atoms with van der Waals surface area (Å²) < 4.78 is 17.0. The van der Waals surface area contributed by atoms with Crippen LogP contribution in [0, 0.1) is 0 Å². The normalized spacial score (nSPS) is 12.5. The van der Waals surface area contributed by atoms with Crippen molar-refractivity contribution in [1.29, 1.82) is 0 Å².